The first kappa shape index (κ1) is 12.0. The van der Waals surface area contributed by atoms with E-state index in [0.717, 1.165) is 12.5 Å². The molecule has 0 aromatic rings. The second-order valence-corrected chi connectivity index (χ2v) is 4.75. The third kappa shape index (κ3) is 2.71. The van der Waals surface area contributed by atoms with E-state index in [1.165, 1.54) is 32.2 Å². The SMILES string of the molecule is CCC(C)C(C)N1CCCCC1CN. The second-order valence-electron chi connectivity index (χ2n) is 4.75. The van der Waals surface area contributed by atoms with Crippen LogP contribution in [0.2, 0.25) is 0 Å². The molecule has 1 aliphatic heterocycles. The molecule has 3 atom stereocenters. The van der Waals surface area contributed by atoms with Crippen molar-refractivity contribution in [2.45, 2.75) is 58.5 Å². The van der Waals surface area contributed by atoms with Crippen LogP contribution in [0.5, 0.6) is 0 Å². The molecular formula is C12H26N2. The Hall–Kier alpha value is -0.0800. The molecule has 0 saturated carbocycles. The quantitative estimate of drug-likeness (QED) is 0.750. The predicted molar refractivity (Wildman–Crippen MR) is 62.3 cm³/mol. The van der Waals surface area contributed by atoms with Gasteiger partial charge in [0.1, 0.15) is 0 Å². The minimum absolute atomic E-state index is 0.646. The van der Waals surface area contributed by atoms with Crippen molar-refractivity contribution < 1.29 is 0 Å². The molecule has 2 N–H and O–H groups in total. The molecule has 1 heterocycles. The summed E-state index contributed by atoms with van der Waals surface area (Å²) in [5.74, 6) is 0.794. The van der Waals surface area contributed by atoms with E-state index < -0.39 is 0 Å². The number of piperidine rings is 1. The summed E-state index contributed by atoms with van der Waals surface area (Å²) in [6, 6.07) is 1.35. The lowest BCUT2D eigenvalue weighted by atomic mass is 9.93. The van der Waals surface area contributed by atoms with Gasteiger partial charge < -0.3 is 5.73 Å². The van der Waals surface area contributed by atoms with Crippen LogP contribution in [0.15, 0.2) is 0 Å². The molecule has 1 saturated heterocycles. The van der Waals surface area contributed by atoms with Crippen molar-refractivity contribution >= 4 is 0 Å². The molecule has 3 unspecified atom stereocenters. The summed E-state index contributed by atoms with van der Waals surface area (Å²) < 4.78 is 0. The molecule has 0 aromatic carbocycles. The van der Waals surface area contributed by atoms with Gasteiger partial charge in [-0.3, -0.25) is 4.90 Å². The van der Waals surface area contributed by atoms with E-state index in [4.69, 9.17) is 5.73 Å². The normalized spacial score (nSPS) is 28.7. The Bertz CT molecular complexity index is 158. The molecule has 2 heteroatoms. The molecule has 0 bridgehead atoms. The van der Waals surface area contributed by atoms with Crippen LogP contribution in [0.4, 0.5) is 0 Å². The number of hydrogen-bond acceptors (Lipinski definition) is 2. The standard InChI is InChI=1S/C12H26N2/c1-4-10(2)11(3)14-8-6-5-7-12(14)9-13/h10-12H,4-9,13H2,1-3H3. The fourth-order valence-corrected chi connectivity index (χ4v) is 2.48. The van der Waals surface area contributed by atoms with Gasteiger partial charge in [0.15, 0.2) is 0 Å². The van der Waals surface area contributed by atoms with E-state index in [2.05, 4.69) is 25.7 Å². The highest BCUT2D eigenvalue weighted by molar-refractivity contribution is 4.83. The number of nitrogens with zero attached hydrogens (tertiary/aromatic N) is 1. The molecule has 84 valence electrons. The maximum Gasteiger partial charge on any atom is 0.0221 e. The molecule has 2 nitrogen and oxygen atoms in total. The highest BCUT2D eigenvalue weighted by Crippen LogP contribution is 2.23. The smallest absolute Gasteiger partial charge is 0.0221 e. The highest BCUT2D eigenvalue weighted by Gasteiger charge is 2.27. The van der Waals surface area contributed by atoms with Gasteiger partial charge in [-0.1, -0.05) is 26.7 Å². The second kappa shape index (κ2) is 5.72. The Morgan fingerprint density at radius 2 is 2.07 bits per heavy atom. The third-order valence-corrected chi connectivity index (χ3v) is 3.94. The molecule has 14 heavy (non-hydrogen) atoms. The van der Waals surface area contributed by atoms with Gasteiger partial charge in [-0.2, -0.15) is 0 Å². The fourth-order valence-electron chi connectivity index (χ4n) is 2.48. The summed E-state index contributed by atoms with van der Waals surface area (Å²) in [5, 5.41) is 0. The van der Waals surface area contributed by atoms with E-state index in [0.29, 0.717) is 12.1 Å². The van der Waals surface area contributed by atoms with Crippen LogP contribution >= 0.6 is 0 Å². The highest BCUT2D eigenvalue weighted by atomic mass is 15.2. The maximum atomic E-state index is 5.83. The summed E-state index contributed by atoms with van der Waals surface area (Å²) in [6.45, 7) is 9.09. The zero-order valence-corrected chi connectivity index (χ0v) is 10.00. The van der Waals surface area contributed by atoms with Crippen LogP contribution in [0, 0.1) is 5.92 Å². The van der Waals surface area contributed by atoms with E-state index in [9.17, 15) is 0 Å². The molecular weight excluding hydrogens is 172 g/mol. The van der Waals surface area contributed by atoms with Crippen molar-refractivity contribution in [2.75, 3.05) is 13.1 Å². The van der Waals surface area contributed by atoms with Crippen molar-refractivity contribution in [1.82, 2.24) is 4.90 Å². The van der Waals surface area contributed by atoms with Gasteiger partial charge in [0.25, 0.3) is 0 Å². The van der Waals surface area contributed by atoms with Crippen LogP contribution in [0.3, 0.4) is 0 Å². The van der Waals surface area contributed by atoms with Crippen molar-refractivity contribution in [2.24, 2.45) is 11.7 Å². The lowest BCUT2D eigenvalue weighted by Crippen LogP contribution is -2.50. The van der Waals surface area contributed by atoms with E-state index in [1.54, 1.807) is 0 Å². The molecule has 0 radical (unpaired) electrons. The van der Waals surface area contributed by atoms with Crippen molar-refractivity contribution in [3.63, 3.8) is 0 Å². The van der Waals surface area contributed by atoms with Crippen LogP contribution in [0.1, 0.15) is 46.5 Å². The minimum atomic E-state index is 0.646. The summed E-state index contributed by atoms with van der Waals surface area (Å²) in [6.07, 6.45) is 5.30. The largest absolute Gasteiger partial charge is 0.329 e. The van der Waals surface area contributed by atoms with Crippen LogP contribution in [0.25, 0.3) is 0 Å². The predicted octanol–water partition coefficient (Wildman–Crippen LogP) is 2.23. The van der Waals surface area contributed by atoms with E-state index >= 15 is 0 Å². The Morgan fingerprint density at radius 1 is 1.36 bits per heavy atom. The van der Waals surface area contributed by atoms with Gasteiger partial charge in [0.05, 0.1) is 0 Å². The average Bonchev–Trinajstić information content (AvgIpc) is 2.26. The van der Waals surface area contributed by atoms with Gasteiger partial charge in [0, 0.05) is 18.6 Å². The lowest BCUT2D eigenvalue weighted by Gasteiger charge is -2.41. The number of nitrogens with two attached hydrogens (primary N) is 1. The summed E-state index contributed by atoms with van der Waals surface area (Å²) >= 11 is 0. The molecule has 1 aliphatic rings. The van der Waals surface area contributed by atoms with Crippen LogP contribution < -0.4 is 5.73 Å². The van der Waals surface area contributed by atoms with Gasteiger partial charge in [0.2, 0.25) is 0 Å². The molecule has 1 fully saturated rings. The van der Waals surface area contributed by atoms with Crippen molar-refractivity contribution in [3.8, 4) is 0 Å². The molecule has 0 amide bonds. The molecule has 0 aliphatic carbocycles. The summed E-state index contributed by atoms with van der Waals surface area (Å²) in [5.41, 5.74) is 5.83. The van der Waals surface area contributed by atoms with Gasteiger partial charge in [-0.05, 0) is 32.2 Å². The maximum absolute atomic E-state index is 5.83. The first-order valence-electron chi connectivity index (χ1n) is 6.16. The summed E-state index contributed by atoms with van der Waals surface area (Å²) in [7, 11) is 0. The average molecular weight is 198 g/mol. The van der Waals surface area contributed by atoms with Crippen molar-refractivity contribution in [1.29, 1.82) is 0 Å². The number of rotatable bonds is 4. The molecule has 1 rings (SSSR count). The van der Waals surface area contributed by atoms with E-state index in [1.807, 2.05) is 0 Å². The lowest BCUT2D eigenvalue weighted by molar-refractivity contribution is 0.0777. The molecule has 0 aromatic heterocycles. The monoisotopic (exact) mass is 198 g/mol. The Morgan fingerprint density at radius 3 is 2.64 bits per heavy atom. The summed E-state index contributed by atoms with van der Waals surface area (Å²) in [4.78, 5) is 2.64. The van der Waals surface area contributed by atoms with E-state index in [-0.39, 0.29) is 0 Å². The fraction of sp³-hybridized carbons (Fsp3) is 1.00. The van der Waals surface area contributed by atoms with Gasteiger partial charge in [-0.25, -0.2) is 0 Å². The minimum Gasteiger partial charge on any atom is -0.329 e. The Kier molecular flexibility index (Phi) is 4.90. The Labute approximate surface area is 88.8 Å². The Balaban J connectivity index is 2.53. The zero-order valence-electron chi connectivity index (χ0n) is 10.00. The van der Waals surface area contributed by atoms with Crippen molar-refractivity contribution in [3.05, 3.63) is 0 Å². The first-order valence-corrected chi connectivity index (χ1v) is 6.16. The van der Waals surface area contributed by atoms with Crippen LogP contribution in [-0.2, 0) is 0 Å². The number of hydrogen-bond donors (Lipinski definition) is 1. The van der Waals surface area contributed by atoms with Gasteiger partial charge in [-0.15, -0.1) is 0 Å². The van der Waals surface area contributed by atoms with Gasteiger partial charge >= 0.3 is 0 Å². The third-order valence-electron chi connectivity index (χ3n) is 3.94. The number of likely N-dealkylation sites (tertiary alicyclic amines) is 1. The topological polar surface area (TPSA) is 29.3 Å². The zero-order chi connectivity index (χ0) is 10.6. The van der Waals surface area contributed by atoms with Crippen LogP contribution in [-0.4, -0.2) is 30.1 Å². The first-order chi connectivity index (χ1) is 6.70. The molecule has 0 spiro atoms.